The van der Waals surface area contributed by atoms with E-state index < -0.39 is 0 Å². The van der Waals surface area contributed by atoms with E-state index in [1.807, 2.05) is 24.3 Å². The molecule has 0 aliphatic rings. The van der Waals surface area contributed by atoms with Gasteiger partial charge in [0.2, 0.25) is 0 Å². The maximum Gasteiger partial charge on any atom is 0.251 e. The number of hydrogen-bond acceptors (Lipinski definition) is 4. The van der Waals surface area contributed by atoms with E-state index in [1.54, 1.807) is 42.0 Å². The maximum absolute atomic E-state index is 13.1. The van der Waals surface area contributed by atoms with Crippen LogP contribution < -0.4 is 10.1 Å². The molecule has 0 spiro atoms. The van der Waals surface area contributed by atoms with E-state index in [4.69, 9.17) is 4.74 Å². The van der Waals surface area contributed by atoms with Gasteiger partial charge in [-0.1, -0.05) is 12.1 Å². The molecule has 0 fully saturated rings. The van der Waals surface area contributed by atoms with E-state index >= 15 is 0 Å². The smallest absolute Gasteiger partial charge is 0.251 e. The molecule has 4 aromatic rings. The van der Waals surface area contributed by atoms with Gasteiger partial charge in [-0.05, 0) is 54.1 Å². The van der Waals surface area contributed by atoms with Crippen LogP contribution in [0.3, 0.4) is 0 Å². The van der Waals surface area contributed by atoms with Crippen LogP contribution in [0.15, 0.2) is 66.9 Å². The van der Waals surface area contributed by atoms with Gasteiger partial charge in [0.25, 0.3) is 5.91 Å². The first-order valence-corrected chi connectivity index (χ1v) is 8.66. The number of benzene rings is 2. The van der Waals surface area contributed by atoms with Gasteiger partial charge in [0.1, 0.15) is 11.6 Å². The molecule has 2 aromatic heterocycles. The number of nitrogens with zero attached hydrogens (tertiary/aromatic N) is 3. The Kier molecular flexibility index (Phi) is 4.72. The minimum atomic E-state index is -0.312. The van der Waals surface area contributed by atoms with Gasteiger partial charge in [-0.15, -0.1) is 10.2 Å². The number of carbonyl (C=O) groups excluding carboxylic acids is 1. The van der Waals surface area contributed by atoms with Crippen LogP contribution in [-0.2, 0) is 6.54 Å². The molecule has 1 N–H and O–H groups in total. The van der Waals surface area contributed by atoms with Crippen LogP contribution in [0.2, 0.25) is 0 Å². The molecular weight excluding hydrogens is 359 g/mol. The highest BCUT2D eigenvalue weighted by atomic mass is 19.1. The molecule has 2 aromatic carbocycles. The Hall–Kier alpha value is -3.74. The summed E-state index contributed by atoms with van der Waals surface area (Å²) in [5.74, 6) is 0.799. The second kappa shape index (κ2) is 7.48. The first-order valence-electron chi connectivity index (χ1n) is 8.66. The van der Waals surface area contributed by atoms with E-state index in [0.717, 1.165) is 16.9 Å². The zero-order valence-corrected chi connectivity index (χ0v) is 15.1. The van der Waals surface area contributed by atoms with E-state index in [0.29, 0.717) is 23.6 Å². The summed E-state index contributed by atoms with van der Waals surface area (Å²) < 4.78 is 20.1. The molecule has 4 rings (SSSR count). The van der Waals surface area contributed by atoms with Gasteiger partial charge in [-0.25, -0.2) is 4.39 Å². The fourth-order valence-corrected chi connectivity index (χ4v) is 2.89. The van der Waals surface area contributed by atoms with Gasteiger partial charge < -0.3 is 10.1 Å². The Labute approximate surface area is 160 Å². The summed E-state index contributed by atoms with van der Waals surface area (Å²) in [6.45, 7) is 0.384. The Morgan fingerprint density at radius 2 is 1.93 bits per heavy atom. The van der Waals surface area contributed by atoms with Gasteiger partial charge in [0.15, 0.2) is 11.5 Å². The molecule has 6 nitrogen and oxygen atoms in total. The monoisotopic (exact) mass is 376 g/mol. The number of fused-ring (bicyclic) bond motifs is 1. The van der Waals surface area contributed by atoms with Crippen molar-refractivity contribution in [3.63, 3.8) is 0 Å². The molecule has 2 heterocycles. The lowest BCUT2D eigenvalue weighted by Gasteiger charge is -2.07. The second-order valence-corrected chi connectivity index (χ2v) is 6.21. The van der Waals surface area contributed by atoms with E-state index in [1.165, 1.54) is 12.1 Å². The summed E-state index contributed by atoms with van der Waals surface area (Å²) in [6, 6.07) is 16.9. The average molecular weight is 376 g/mol. The molecule has 0 saturated carbocycles. The summed E-state index contributed by atoms with van der Waals surface area (Å²) >= 11 is 0. The Balaban J connectivity index is 1.53. The van der Waals surface area contributed by atoms with Crippen molar-refractivity contribution in [1.82, 2.24) is 19.9 Å². The summed E-state index contributed by atoms with van der Waals surface area (Å²) in [6.07, 6.45) is 1.73. The predicted octanol–water partition coefficient (Wildman–Crippen LogP) is 3.47. The van der Waals surface area contributed by atoms with Crippen LogP contribution in [0.1, 0.15) is 15.9 Å². The van der Waals surface area contributed by atoms with Crippen LogP contribution in [-0.4, -0.2) is 27.6 Å². The number of nitrogens with one attached hydrogen (secondary N) is 1. The number of rotatable bonds is 5. The quantitative estimate of drug-likeness (QED) is 0.579. The van der Waals surface area contributed by atoms with Crippen LogP contribution in [0, 0.1) is 5.82 Å². The molecule has 0 bridgehead atoms. The van der Waals surface area contributed by atoms with Crippen LogP contribution in [0.4, 0.5) is 4.39 Å². The first-order chi connectivity index (χ1) is 13.6. The fourth-order valence-electron chi connectivity index (χ4n) is 2.89. The number of ether oxygens (including phenoxy) is 1. The number of hydrogen-bond donors (Lipinski definition) is 1. The zero-order valence-electron chi connectivity index (χ0n) is 15.1. The highest BCUT2D eigenvalue weighted by Gasteiger charge is 2.12. The molecule has 0 atom stereocenters. The first kappa shape index (κ1) is 17.7. The van der Waals surface area contributed by atoms with Crippen LogP contribution >= 0.6 is 0 Å². The SMILES string of the molecule is COc1cccc(CNC(=O)c2ccn3c(-c4ccc(F)cc4)nnc3c2)c1. The van der Waals surface area contributed by atoms with Gasteiger partial charge >= 0.3 is 0 Å². The fraction of sp³-hybridized carbons (Fsp3) is 0.0952. The highest BCUT2D eigenvalue weighted by molar-refractivity contribution is 5.95. The van der Waals surface area contributed by atoms with Crippen molar-refractivity contribution in [3.8, 4) is 17.1 Å². The topological polar surface area (TPSA) is 68.5 Å². The molecule has 0 aliphatic carbocycles. The Morgan fingerprint density at radius 1 is 1.11 bits per heavy atom. The number of methoxy groups -OCH3 is 1. The van der Waals surface area contributed by atoms with Crippen molar-refractivity contribution in [2.45, 2.75) is 6.54 Å². The van der Waals surface area contributed by atoms with Crippen molar-refractivity contribution < 1.29 is 13.9 Å². The summed E-state index contributed by atoms with van der Waals surface area (Å²) in [5, 5.41) is 11.2. The Bertz CT molecular complexity index is 1140. The molecule has 0 unspecified atom stereocenters. The van der Waals surface area contributed by atoms with Crippen LogP contribution in [0.25, 0.3) is 17.0 Å². The molecule has 0 radical (unpaired) electrons. The summed E-state index contributed by atoms with van der Waals surface area (Å²) in [4.78, 5) is 12.5. The molecule has 140 valence electrons. The van der Waals surface area contributed by atoms with Crippen molar-refractivity contribution in [2.75, 3.05) is 7.11 Å². The number of aromatic nitrogens is 3. The third-order valence-corrected chi connectivity index (χ3v) is 4.36. The normalized spacial score (nSPS) is 10.8. The van der Waals surface area contributed by atoms with Gasteiger partial charge in [0.05, 0.1) is 7.11 Å². The average Bonchev–Trinajstić information content (AvgIpc) is 3.16. The van der Waals surface area contributed by atoms with Gasteiger partial charge in [-0.3, -0.25) is 9.20 Å². The molecule has 7 heteroatoms. The third-order valence-electron chi connectivity index (χ3n) is 4.36. The predicted molar refractivity (Wildman–Crippen MR) is 103 cm³/mol. The molecule has 0 aliphatic heterocycles. The lowest BCUT2D eigenvalue weighted by Crippen LogP contribution is -2.22. The number of carbonyl (C=O) groups is 1. The van der Waals surface area contributed by atoms with E-state index in [9.17, 15) is 9.18 Å². The van der Waals surface area contributed by atoms with Gasteiger partial charge in [-0.2, -0.15) is 0 Å². The van der Waals surface area contributed by atoms with Crippen molar-refractivity contribution >= 4 is 11.6 Å². The largest absolute Gasteiger partial charge is 0.497 e. The van der Waals surface area contributed by atoms with E-state index in [2.05, 4.69) is 15.5 Å². The number of pyridine rings is 1. The molecular formula is C21H17FN4O2. The number of amides is 1. The van der Waals surface area contributed by atoms with Crippen molar-refractivity contribution in [3.05, 3.63) is 83.8 Å². The lowest BCUT2D eigenvalue weighted by molar-refractivity contribution is 0.0951. The minimum absolute atomic E-state index is 0.211. The standard InChI is InChI=1S/C21H17FN4O2/c1-28-18-4-2-3-14(11-18)13-23-21(27)16-9-10-26-19(12-16)24-25-20(26)15-5-7-17(22)8-6-15/h2-12H,13H2,1H3,(H,23,27). The molecule has 0 saturated heterocycles. The zero-order chi connectivity index (χ0) is 19.5. The molecule has 28 heavy (non-hydrogen) atoms. The minimum Gasteiger partial charge on any atom is -0.497 e. The maximum atomic E-state index is 13.1. The Morgan fingerprint density at radius 3 is 2.71 bits per heavy atom. The second-order valence-electron chi connectivity index (χ2n) is 6.21. The third kappa shape index (κ3) is 3.55. The van der Waals surface area contributed by atoms with Gasteiger partial charge in [0, 0.05) is 23.9 Å². The molecule has 1 amide bonds. The van der Waals surface area contributed by atoms with Crippen molar-refractivity contribution in [1.29, 1.82) is 0 Å². The van der Waals surface area contributed by atoms with Crippen LogP contribution in [0.5, 0.6) is 5.75 Å². The highest BCUT2D eigenvalue weighted by Crippen LogP contribution is 2.19. The summed E-state index contributed by atoms with van der Waals surface area (Å²) in [5.41, 5.74) is 2.70. The number of halogens is 1. The van der Waals surface area contributed by atoms with E-state index in [-0.39, 0.29) is 11.7 Å². The lowest BCUT2D eigenvalue weighted by atomic mass is 10.2. The summed E-state index contributed by atoms with van der Waals surface area (Å²) in [7, 11) is 1.60. The van der Waals surface area contributed by atoms with Crippen molar-refractivity contribution in [2.24, 2.45) is 0 Å².